The second-order valence-electron chi connectivity index (χ2n) is 5.24. The minimum Gasteiger partial charge on any atom is -0.365 e. The number of benzene rings is 1. The van der Waals surface area contributed by atoms with Crippen LogP contribution in [0.4, 0.5) is 11.4 Å². The molecule has 0 saturated carbocycles. The van der Waals surface area contributed by atoms with E-state index in [-0.39, 0.29) is 10.6 Å². The smallest absolute Gasteiger partial charge is 0.294 e. The lowest BCUT2D eigenvalue weighted by atomic mass is 9.91. The first kappa shape index (κ1) is 13.1. The Hall–Kier alpha value is -1.29. The van der Waals surface area contributed by atoms with Crippen molar-refractivity contribution < 1.29 is 4.92 Å². The van der Waals surface area contributed by atoms with Gasteiger partial charge in [0.15, 0.2) is 0 Å². The largest absolute Gasteiger partial charge is 0.365 e. The van der Waals surface area contributed by atoms with E-state index >= 15 is 0 Å². The fourth-order valence-corrected chi connectivity index (χ4v) is 2.94. The Bertz CT molecular complexity index is 454. The van der Waals surface area contributed by atoms with Crippen molar-refractivity contribution in [1.29, 1.82) is 0 Å². The third kappa shape index (κ3) is 2.75. The fourth-order valence-electron chi connectivity index (χ4n) is 2.77. The van der Waals surface area contributed by atoms with E-state index in [1.807, 2.05) is 0 Å². The van der Waals surface area contributed by atoms with Gasteiger partial charge < -0.3 is 4.90 Å². The molecule has 0 aliphatic carbocycles. The van der Waals surface area contributed by atoms with Gasteiger partial charge in [0.1, 0.15) is 5.69 Å². The molecule has 1 aromatic carbocycles. The molecule has 0 unspecified atom stereocenters. The van der Waals surface area contributed by atoms with Crippen LogP contribution in [0.15, 0.2) is 18.2 Å². The summed E-state index contributed by atoms with van der Waals surface area (Å²) >= 11 is 5.83. The van der Waals surface area contributed by atoms with Crippen molar-refractivity contribution in [3.63, 3.8) is 0 Å². The lowest BCUT2D eigenvalue weighted by molar-refractivity contribution is -0.384. The van der Waals surface area contributed by atoms with E-state index in [9.17, 15) is 10.1 Å². The third-order valence-corrected chi connectivity index (χ3v) is 3.58. The number of hydrogen-bond donors (Lipinski definition) is 0. The van der Waals surface area contributed by atoms with Crippen molar-refractivity contribution in [2.75, 3.05) is 18.0 Å². The molecule has 0 aromatic heterocycles. The molecule has 0 N–H and O–H groups in total. The molecule has 18 heavy (non-hydrogen) atoms. The number of hydrogen-bond acceptors (Lipinski definition) is 3. The van der Waals surface area contributed by atoms with E-state index < -0.39 is 0 Å². The molecule has 98 valence electrons. The van der Waals surface area contributed by atoms with Crippen LogP contribution in [-0.4, -0.2) is 18.0 Å². The van der Waals surface area contributed by atoms with E-state index in [0.29, 0.717) is 22.5 Å². The van der Waals surface area contributed by atoms with Crippen molar-refractivity contribution in [1.82, 2.24) is 0 Å². The summed E-state index contributed by atoms with van der Waals surface area (Å²) in [5.74, 6) is 1.12. The number of piperidine rings is 1. The van der Waals surface area contributed by atoms with Gasteiger partial charge in [-0.05, 0) is 30.4 Å². The van der Waals surface area contributed by atoms with Crippen LogP contribution >= 0.6 is 11.6 Å². The summed E-state index contributed by atoms with van der Waals surface area (Å²) in [5.41, 5.74) is 0.784. The van der Waals surface area contributed by atoms with Crippen LogP contribution in [0, 0.1) is 22.0 Å². The third-order valence-electron chi connectivity index (χ3n) is 3.34. The second kappa shape index (κ2) is 5.14. The predicted molar refractivity (Wildman–Crippen MR) is 73.3 cm³/mol. The monoisotopic (exact) mass is 268 g/mol. The first-order chi connectivity index (χ1) is 8.47. The molecule has 1 fully saturated rings. The molecular weight excluding hydrogens is 252 g/mol. The summed E-state index contributed by atoms with van der Waals surface area (Å²) in [5, 5.41) is 11.5. The average Bonchev–Trinajstić information content (AvgIpc) is 2.27. The number of halogens is 1. The van der Waals surface area contributed by atoms with E-state index in [1.54, 1.807) is 12.1 Å². The zero-order valence-corrected chi connectivity index (χ0v) is 11.4. The quantitative estimate of drug-likeness (QED) is 0.606. The molecule has 1 saturated heterocycles. The van der Waals surface area contributed by atoms with Crippen molar-refractivity contribution in [2.45, 2.75) is 20.3 Å². The Kier molecular flexibility index (Phi) is 3.76. The Morgan fingerprint density at radius 3 is 2.50 bits per heavy atom. The molecule has 4 nitrogen and oxygen atoms in total. The fraction of sp³-hybridized carbons (Fsp3) is 0.538. The highest BCUT2D eigenvalue weighted by molar-refractivity contribution is 6.30. The van der Waals surface area contributed by atoms with Gasteiger partial charge in [0.05, 0.1) is 4.92 Å². The Morgan fingerprint density at radius 2 is 1.94 bits per heavy atom. The standard InChI is InChI=1S/C13H17ClN2O2/c1-9-5-10(2)8-15(7-9)12-4-3-11(14)6-13(12)16(17)18/h3-4,6,9-10H,5,7-8H2,1-2H3/t9-,10-/m0/s1. The van der Waals surface area contributed by atoms with Gasteiger partial charge in [0, 0.05) is 24.2 Å². The Labute approximate surface area is 112 Å². The lowest BCUT2D eigenvalue weighted by Gasteiger charge is -2.36. The maximum atomic E-state index is 11.1. The normalized spacial score (nSPS) is 24.1. The van der Waals surface area contributed by atoms with E-state index in [2.05, 4.69) is 18.7 Å². The highest BCUT2D eigenvalue weighted by Crippen LogP contribution is 2.34. The van der Waals surface area contributed by atoms with Crippen molar-refractivity contribution in [2.24, 2.45) is 11.8 Å². The number of nitrogens with zero attached hydrogens (tertiary/aromatic N) is 2. The van der Waals surface area contributed by atoms with Gasteiger partial charge in [-0.25, -0.2) is 0 Å². The topological polar surface area (TPSA) is 46.4 Å². The van der Waals surface area contributed by atoms with Crippen LogP contribution in [0.5, 0.6) is 0 Å². The number of nitro benzene ring substituents is 1. The zero-order valence-electron chi connectivity index (χ0n) is 10.6. The van der Waals surface area contributed by atoms with Crippen LogP contribution in [0.3, 0.4) is 0 Å². The Morgan fingerprint density at radius 1 is 1.33 bits per heavy atom. The van der Waals surface area contributed by atoms with Gasteiger partial charge in [0.25, 0.3) is 5.69 Å². The SMILES string of the molecule is C[C@H]1C[C@H](C)CN(c2ccc(Cl)cc2[N+](=O)[O-])C1. The summed E-state index contributed by atoms with van der Waals surface area (Å²) in [6, 6.07) is 4.90. The number of anilines is 1. The van der Waals surface area contributed by atoms with Gasteiger partial charge in [-0.1, -0.05) is 25.4 Å². The maximum absolute atomic E-state index is 11.1. The molecule has 0 bridgehead atoms. The summed E-state index contributed by atoms with van der Waals surface area (Å²) in [6.45, 7) is 6.11. The molecule has 2 atom stereocenters. The van der Waals surface area contributed by atoms with Gasteiger partial charge >= 0.3 is 0 Å². The van der Waals surface area contributed by atoms with Gasteiger partial charge in [-0.2, -0.15) is 0 Å². The van der Waals surface area contributed by atoms with Crippen molar-refractivity contribution in [3.05, 3.63) is 33.3 Å². The molecule has 5 heteroatoms. The van der Waals surface area contributed by atoms with Gasteiger partial charge in [-0.15, -0.1) is 0 Å². The molecule has 2 rings (SSSR count). The first-order valence-corrected chi connectivity index (χ1v) is 6.54. The molecule has 0 amide bonds. The lowest BCUT2D eigenvalue weighted by Crippen LogP contribution is -2.39. The molecule has 0 spiro atoms. The van der Waals surface area contributed by atoms with E-state index in [4.69, 9.17) is 11.6 Å². The Balaban J connectivity index is 2.35. The number of nitro groups is 1. The van der Waals surface area contributed by atoms with Crippen molar-refractivity contribution >= 4 is 23.0 Å². The molecule has 1 heterocycles. The average molecular weight is 269 g/mol. The summed E-state index contributed by atoms with van der Waals surface area (Å²) in [7, 11) is 0. The summed E-state index contributed by atoms with van der Waals surface area (Å²) in [4.78, 5) is 12.8. The summed E-state index contributed by atoms with van der Waals surface area (Å²) in [6.07, 6.45) is 1.18. The molecular formula is C13H17ClN2O2. The highest BCUT2D eigenvalue weighted by atomic mass is 35.5. The van der Waals surface area contributed by atoms with Gasteiger partial charge in [-0.3, -0.25) is 10.1 Å². The van der Waals surface area contributed by atoms with Crippen LogP contribution in [0.2, 0.25) is 5.02 Å². The summed E-state index contributed by atoms with van der Waals surface area (Å²) < 4.78 is 0. The highest BCUT2D eigenvalue weighted by Gasteiger charge is 2.26. The minimum atomic E-state index is -0.356. The van der Waals surface area contributed by atoms with E-state index in [1.165, 1.54) is 12.5 Å². The molecule has 1 aliphatic rings. The number of rotatable bonds is 2. The van der Waals surface area contributed by atoms with Gasteiger partial charge in [0.2, 0.25) is 0 Å². The van der Waals surface area contributed by atoms with Crippen LogP contribution in [0.1, 0.15) is 20.3 Å². The predicted octanol–water partition coefficient (Wildman–Crippen LogP) is 3.73. The molecule has 0 radical (unpaired) electrons. The van der Waals surface area contributed by atoms with Crippen LogP contribution in [-0.2, 0) is 0 Å². The molecule has 1 aliphatic heterocycles. The molecule has 1 aromatic rings. The first-order valence-electron chi connectivity index (χ1n) is 6.16. The maximum Gasteiger partial charge on any atom is 0.294 e. The van der Waals surface area contributed by atoms with Crippen LogP contribution < -0.4 is 4.90 Å². The van der Waals surface area contributed by atoms with Crippen LogP contribution in [0.25, 0.3) is 0 Å². The second-order valence-corrected chi connectivity index (χ2v) is 5.68. The minimum absolute atomic E-state index is 0.101. The van der Waals surface area contributed by atoms with E-state index in [0.717, 1.165) is 13.1 Å². The zero-order chi connectivity index (χ0) is 13.3. The van der Waals surface area contributed by atoms with Crippen molar-refractivity contribution in [3.8, 4) is 0 Å².